The van der Waals surface area contributed by atoms with Gasteiger partial charge in [-0.1, -0.05) is 73.5 Å². The second kappa shape index (κ2) is 14.2. The van der Waals surface area contributed by atoms with Gasteiger partial charge in [0, 0.05) is 12.6 Å². The molecule has 41 heavy (non-hydrogen) atoms. The van der Waals surface area contributed by atoms with Crippen molar-refractivity contribution in [3.63, 3.8) is 0 Å². The highest BCUT2D eigenvalue weighted by molar-refractivity contribution is 7.92. The molecule has 220 valence electrons. The molecule has 0 spiro atoms. The molecular formula is C32H41N3O5S. The molecule has 0 fully saturated rings. The summed E-state index contributed by atoms with van der Waals surface area (Å²) in [6.45, 7) is 9.21. The zero-order chi connectivity index (χ0) is 30.2. The number of hydrogen-bond acceptors (Lipinski definition) is 5. The fraction of sp³-hybridized carbons (Fsp3) is 0.375. The largest absolute Gasteiger partial charge is 0.495 e. The number of hydrogen-bond donors (Lipinski definition) is 1. The molecule has 0 bridgehead atoms. The summed E-state index contributed by atoms with van der Waals surface area (Å²) in [7, 11) is -2.73. The number of anilines is 1. The van der Waals surface area contributed by atoms with Crippen LogP contribution in [0.5, 0.6) is 5.75 Å². The Hall–Kier alpha value is -3.85. The van der Waals surface area contributed by atoms with E-state index < -0.39 is 28.5 Å². The number of benzene rings is 3. The van der Waals surface area contributed by atoms with Crippen LogP contribution in [0.4, 0.5) is 5.69 Å². The lowest BCUT2D eigenvalue weighted by molar-refractivity contribution is -0.140. The van der Waals surface area contributed by atoms with Crippen molar-refractivity contribution >= 4 is 27.5 Å². The van der Waals surface area contributed by atoms with E-state index >= 15 is 0 Å². The van der Waals surface area contributed by atoms with Crippen molar-refractivity contribution in [1.82, 2.24) is 10.2 Å². The van der Waals surface area contributed by atoms with Crippen LogP contribution in [0, 0.1) is 13.8 Å². The van der Waals surface area contributed by atoms with Crippen LogP contribution in [-0.2, 0) is 26.2 Å². The summed E-state index contributed by atoms with van der Waals surface area (Å²) in [6.07, 6.45) is 1.10. The van der Waals surface area contributed by atoms with Gasteiger partial charge in [0.2, 0.25) is 11.8 Å². The van der Waals surface area contributed by atoms with Gasteiger partial charge in [-0.05, 0) is 63.4 Å². The number of amides is 2. The molecule has 0 saturated heterocycles. The van der Waals surface area contributed by atoms with Gasteiger partial charge in [-0.2, -0.15) is 0 Å². The fourth-order valence-electron chi connectivity index (χ4n) is 4.44. The summed E-state index contributed by atoms with van der Waals surface area (Å²) < 4.78 is 34.7. The highest BCUT2D eigenvalue weighted by Gasteiger charge is 2.34. The molecule has 3 aromatic carbocycles. The normalized spacial score (nSPS) is 12.7. The molecule has 8 nitrogen and oxygen atoms in total. The van der Waals surface area contributed by atoms with Crippen LogP contribution < -0.4 is 14.4 Å². The van der Waals surface area contributed by atoms with Gasteiger partial charge in [0.25, 0.3) is 10.0 Å². The molecule has 3 rings (SSSR count). The minimum atomic E-state index is -4.18. The van der Waals surface area contributed by atoms with Crippen LogP contribution in [0.25, 0.3) is 0 Å². The van der Waals surface area contributed by atoms with Gasteiger partial charge in [-0.15, -0.1) is 0 Å². The lowest BCUT2D eigenvalue weighted by Crippen LogP contribution is -2.53. The highest BCUT2D eigenvalue weighted by atomic mass is 32.2. The first-order valence-corrected chi connectivity index (χ1v) is 15.3. The maximum Gasteiger partial charge on any atom is 0.264 e. The highest BCUT2D eigenvalue weighted by Crippen LogP contribution is 2.32. The maximum atomic E-state index is 14.2. The molecule has 0 heterocycles. The minimum Gasteiger partial charge on any atom is -0.495 e. The van der Waals surface area contributed by atoms with Gasteiger partial charge in [-0.3, -0.25) is 13.9 Å². The summed E-state index contributed by atoms with van der Waals surface area (Å²) in [5.74, 6) is -0.464. The maximum absolute atomic E-state index is 14.2. The molecule has 0 unspecified atom stereocenters. The summed E-state index contributed by atoms with van der Waals surface area (Å²) in [5.41, 5.74) is 3.05. The summed E-state index contributed by atoms with van der Waals surface area (Å²) in [5, 5.41) is 2.99. The average Bonchev–Trinajstić information content (AvgIpc) is 2.96. The SMILES string of the molecule is CC[C@@H](C)NC(=O)[C@H](CC)N(Cc1ccc(C)cc1)C(=O)CN(c1ccccc1OC)S(=O)(=O)c1ccc(C)cc1. The van der Waals surface area contributed by atoms with E-state index in [-0.39, 0.29) is 29.1 Å². The minimum absolute atomic E-state index is 0.0495. The van der Waals surface area contributed by atoms with Crippen molar-refractivity contribution in [3.05, 3.63) is 89.5 Å². The van der Waals surface area contributed by atoms with Crippen LogP contribution in [-0.4, -0.2) is 50.9 Å². The van der Waals surface area contributed by atoms with Gasteiger partial charge < -0.3 is 15.0 Å². The monoisotopic (exact) mass is 579 g/mol. The molecule has 3 aromatic rings. The molecule has 0 radical (unpaired) electrons. The predicted octanol–water partition coefficient (Wildman–Crippen LogP) is 5.23. The Balaban J connectivity index is 2.09. The number of nitrogens with zero attached hydrogens (tertiary/aromatic N) is 2. The van der Waals surface area contributed by atoms with Crippen LogP contribution in [0.15, 0.2) is 77.7 Å². The summed E-state index contributed by atoms with van der Waals surface area (Å²) in [4.78, 5) is 29.1. The van der Waals surface area contributed by atoms with E-state index in [1.54, 1.807) is 36.4 Å². The second-order valence-corrected chi connectivity index (χ2v) is 12.1. The predicted molar refractivity (Wildman–Crippen MR) is 162 cm³/mol. The molecular weight excluding hydrogens is 538 g/mol. The Morgan fingerprint density at radius 1 is 0.878 bits per heavy atom. The molecule has 2 atom stereocenters. The smallest absolute Gasteiger partial charge is 0.264 e. The Bertz CT molecular complexity index is 1420. The molecule has 0 aliphatic carbocycles. The first-order valence-electron chi connectivity index (χ1n) is 13.9. The molecule has 2 amide bonds. The van der Waals surface area contributed by atoms with E-state index in [2.05, 4.69) is 5.32 Å². The van der Waals surface area contributed by atoms with Crippen molar-refractivity contribution in [2.45, 2.75) is 71.0 Å². The summed E-state index contributed by atoms with van der Waals surface area (Å²) >= 11 is 0. The third kappa shape index (κ3) is 7.88. The van der Waals surface area contributed by atoms with Gasteiger partial charge in [0.15, 0.2) is 0 Å². The third-order valence-corrected chi connectivity index (χ3v) is 8.88. The lowest BCUT2D eigenvalue weighted by atomic mass is 10.1. The van der Waals surface area contributed by atoms with Crippen LogP contribution >= 0.6 is 0 Å². The number of rotatable bonds is 13. The summed E-state index contributed by atoms with van der Waals surface area (Å²) in [6, 6.07) is 20.0. The molecule has 9 heteroatoms. The molecule has 0 aliphatic heterocycles. The number of sulfonamides is 1. The quantitative estimate of drug-likeness (QED) is 0.299. The number of methoxy groups -OCH3 is 1. The van der Waals surface area contributed by atoms with Crippen molar-refractivity contribution in [1.29, 1.82) is 0 Å². The molecule has 0 aromatic heterocycles. The molecule has 0 aliphatic rings. The Kier molecular flexibility index (Phi) is 10.9. The first-order chi connectivity index (χ1) is 19.5. The van der Waals surface area contributed by atoms with Crippen molar-refractivity contribution in [2.24, 2.45) is 0 Å². The second-order valence-electron chi connectivity index (χ2n) is 10.2. The Labute approximate surface area is 244 Å². The van der Waals surface area contributed by atoms with E-state index in [1.165, 1.54) is 24.1 Å². The van der Waals surface area contributed by atoms with Crippen molar-refractivity contribution in [2.75, 3.05) is 18.0 Å². The van der Waals surface area contributed by atoms with E-state index in [0.717, 1.165) is 27.4 Å². The molecule has 0 saturated carbocycles. The van der Waals surface area contributed by atoms with Crippen LogP contribution in [0.3, 0.4) is 0 Å². The standard InChI is InChI=1S/C32H41N3O5S/c1-7-25(5)33-32(37)28(8-2)34(21-26-17-13-23(3)14-18-26)31(36)22-35(29-11-9-10-12-30(29)40-6)41(38,39)27-19-15-24(4)16-20-27/h9-20,25,28H,7-8,21-22H2,1-6H3,(H,33,37)/t25-,28+/m1/s1. The van der Waals surface area contributed by atoms with Gasteiger partial charge >= 0.3 is 0 Å². The van der Waals surface area contributed by atoms with Gasteiger partial charge in [0.05, 0.1) is 17.7 Å². The number of nitrogens with one attached hydrogen (secondary N) is 1. The van der Waals surface area contributed by atoms with E-state index in [0.29, 0.717) is 12.2 Å². The van der Waals surface area contributed by atoms with Crippen molar-refractivity contribution in [3.8, 4) is 5.75 Å². The van der Waals surface area contributed by atoms with E-state index in [9.17, 15) is 18.0 Å². The molecule has 1 N–H and O–H groups in total. The van der Waals surface area contributed by atoms with Crippen LogP contribution in [0.1, 0.15) is 50.3 Å². The number of aryl methyl sites for hydroxylation is 2. The van der Waals surface area contributed by atoms with E-state index in [1.807, 2.05) is 58.9 Å². The number of carbonyl (C=O) groups is 2. The fourth-order valence-corrected chi connectivity index (χ4v) is 5.86. The number of para-hydroxylation sites is 2. The van der Waals surface area contributed by atoms with Gasteiger partial charge in [0.1, 0.15) is 18.3 Å². The zero-order valence-electron chi connectivity index (χ0n) is 24.8. The first kappa shape index (κ1) is 31.7. The lowest BCUT2D eigenvalue weighted by Gasteiger charge is -2.34. The number of carbonyl (C=O) groups excluding carboxylic acids is 2. The Morgan fingerprint density at radius 3 is 2.02 bits per heavy atom. The topological polar surface area (TPSA) is 96.0 Å². The van der Waals surface area contributed by atoms with Gasteiger partial charge in [-0.25, -0.2) is 8.42 Å². The Morgan fingerprint density at radius 2 is 1.46 bits per heavy atom. The number of ether oxygens (including phenoxy) is 1. The average molecular weight is 580 g/mol. The van der Waals surface area contributed by atoms with Crippen molar-refractivity contribution < 1.29 is 22.7 Å². The third-order valence-electron chi connectivity index (χ3n) is 7.10. The zero-order valence-corrected chi connectivity index (χ0v) is 25.6. The van der Waals surface area contributed by atoms with E-state index in [4.69, 9.17) is 4.74 Å². The van der Waals surface area contributed by atoms with Crippen LogP contribution in [0.2, 0.25) is 0 Å².